The highest BCUT2D eigenvalue weighted by molar-refractivity contribution is 7.80. The number of benzene rings is 1. The monoisotopic (exact) mass is 263 g/mol. The zero-order chi connectivity index (χ0) is 12.1. The van der Waals surface area contributed by atoms with E-state index in [-0.39, 0.29) is 0 Å². The van der Waals surface area contributed by atoms with E-state index in [2.05, 4.69) is 22.5 Å². The average Bonchev–Trinajstić information content (AvgIpc) is 2.77. The molecule has 0 saturated heterocycles. The molecule has 88 valence electrons. The molecule has 3 nitrogen and oxygen atoms in total. The molecule has 17 heavy (non-hydrogen) atoms. The summed E-state index contributed by atoms with van der Waals surface area (Å²) in [5.74, 6) is 0.853. The second-order valence-corrected chi connectivity index (χ2v) is 4.77. The zero-order valence-corrected chi connectivity index (χ0v) is 11.1. The number of aryl methyl sites for hydroxylation is 1. The van der Waals surface area contributed by atoms with Crippen molar-refractivity contribution in [1.82, 2.24) is 4.98 Å². The van der Waals surface area contributed by atoms with Gasteiger partial charge in [-0.15, -0.1) is 11.3 Å². The minimum absolute atomic E-state index is 0.566. The first kappa shape index (κ1) is 12.0. The van der Waals surface area contributed by atoms with Crippen molar-refractivity contribution in [3.05, 3.63) is 40.7 Å². The molecule has 0 atom stereocenters. The van der Waals surface area contributed by atoms with Crippen LogP contribution in [0.4, 0.5) is 11.5 Å². The molecule has 0 amide bonds. The van der Waals surface area contributed by atoms with Gasteiger partial charge in [0.15, 0.2) is 5.11 Å². The molecule has 0 aliphatic rings. The van der Waals surface area contributed by atoms with Crippen molar-refractivity contribution in [3.8, 4) is 0 Å². The molecule has 1 aromatic carbocycles. The van der Waals surface area contributed by atoms with Gasteiger partial charge in [-0.3, -0.25) is 0 Å². The van der Waals surface area contributed by atoms with E-state index < -0.39 is 0 Å². The van der Waals surface area contributed by atoms with E-state index in [0.717, 1.165) is 17.9 Å². The lowest BCUT2D eigenvalue weighted by Crippen LogP contribution is -2.19. The van der Waals surface area contributed by atoms with E-state index in [1.165, 1.54) is 4.88 Å². The van der Waals surface area contributed by atoms with Crippen LogP contribution in [0.1, 0.15) is 11.8 Å². The van der Waals surface area contributed by atoms with Gasteiger partial charge in [-0.1, -0.05) is 25.1 Å². The van der Waals surface area contributed by atoms with Gasteiger partial charge < -0.3 is 10.6 Å². The molecule has 1 aromatic heterocycles. The minimum atomic E-state index is 0.566. The molecule has 0 spiro atoms. The van der Waals surface area contributed by atoms with Crippen molar-refractivity contribution in [2.75, 3.05) is 10.6 Å². The Labute approximate surface area is 110 Å². The van der Waals surface area contributed by atoms with Crippen molar-refractivity contribution < 1.29 is 0 Å². The lowest BCUT2D eigenvalue weighted by Gasteiger charge is -2.09. The maximum atomic E-state index is 5.23. The van der Waals surface area contributed by atoms with Crippen LogP contribution in [0.25, 0.3) is 0 Å². The van der Waals surface area contributed by atoms with Gasteiger partial charge in [0.25, 0.3) is 0 Å². The Kier molecular flexibility index (Phi) is 4.06. The summed E-state index contributed by atoms with van der Waals surface area (Å²) in [4.78, 5) is 5.46. The summed E-state index contributed by atoms with van der Waals surface area (Å²) in [7, 11) is 0. The number of hydrogen-bond donors (Lipinski definition) is 2. The Bertz CT molecular complexity index is 493. The second kappa shape index (κ2) is 5.75. The molecule has 2 aromatic rings. The zero-order valence-electron chi connectivity index (χ0n) is 9.43. The van der Waals surface area contributed by atoms with Gasteiger partial charge in [0, 0.05) is 10.6 Å². The molecule has 0 unspecified atom stereocenters. The van der Waals surface area contributed by atoms with E-state index in [9.17, 15) is 0 Å². The number of thiazole rings is 1. The topological polar surface area (TPSA) is 37.0 Å². The number of aromatic nitrogens is 1. The fourth-order valence-corrected chi connectivity index (χ4v) is 2.30. The standard InChI is InChI=1S/C12H13N3S2/c1-2-10-11(13-8-17-10)15-12(16)14-9-6-4-3-5-7-9/h3-8H,2H2,1H3,(H2,14,15,16). The van der Waals surface area contributed by atoms with E-state index in [0.29, 0.717) is 5.11 Å². The smallest absolute Gasteiger partial charge is 0.176 e. The van der Waals surface area contributed by atoms with Gasteiger partial charge in [-0.05, 0) is 30.8 Å². The van der Waals surface area contributed by atoms with E-state index in [1.54, 1.807) is 11.3 Å². The lowest BCUT2D eigenvalue weighted by molar-refractivity contribution is 1.17. The Balaban J connectivity index is 1.98. The lowest BCUT2D eigenvalue weighted by atomic mass is 10.3. The number of anilines is 2. The van der Waals surface area contributed by atoms with Crippen LogP contribution in [0.3, 0.4) is 0 Å². The molecule has 0 aliphatic carbocycles. The SMILES string of the molecule is CCc1scnc1NC(=S)Nc1ccccc1. The maximum absolute atomic E-state index is 5.23. The predicted octanol–water partition coefficient (Wildman–Crippen LogP) is 3.51. The molecule has 5 heteroatoms. The third-order valence-corrected chi connectivity index (χ3v) is 3.41. The maximum Gasteiger partial charge on any atom is 0.176 e. The molecule has 0 fully saturated rings. The van der Waals surface area contributed by atoms with Crippen LogP contribution in [0.2, 0.25) is 0 Å². The van der Waals surface area contributed by atoms with Crippen LogP contribution in [0.15, 0.2) is 35.8 Å². The van der Waals surface area contributed by atoms with Crippen LogP contribution < -0.4 is 10.6 Å². The number of nitrogens with zero attached hydrogens (tertiary/aromatic N) is 1. The molecule has 0 bridgehead atoms. The van der Waals surface area contributed by atoms with Crippen molar-refractivity contribution >= 4 is 40.2 Å². The highest BCUT2D eigenvalue weighted by Gasteiger charge is 2.05. The molecule has 2 rings (SSSR count). The fourth-order valence-electron chi connectivity index (χ4n) is 1.41. The number of thiocarbonyl (C=S) groups is 1. The number of para-hydroxylation sites is 1. The number of hydrogen-bond acceptors (Lipinski definition) is 3. The van der Waals surface area contributed by atoms with Gasteiger partial charge in [0.05, 0.1) is 5.51 Å². The number of rotatable bonds is 3. The largest absolute Gasteiger partial charge is 0.332 e. The average molecular weight is 263 g/mol. The summed E-state index contributed by atoms with van der Waals surface area (Å²) < 4.78 is 0. The van der Waals surface area contributed by atoms with Crippen molar-refractivity contribution in [3.63, 3.8) is 0 Å². The third-order valence-electron chi connectivity index (χ3n) is 2.23. The first-order valence-corrected chi connectivity index (χ1v) is 6.64. The van der Waals surface area contributed by atoms with Gasteiger partial charge >= 0.3 is 0 Å². The molecule has 1 heterocycles. The van der Waals surface area contributed by atoms with Crippen LogP contribution in [-0.4, -0.2) is 10.1 Å². The van der Waals surface area contributed by atoms with Gasteiger partial charge in [0.1, 0.15) is 5.82 Å². The van der Waals surface area contributed by atoms with Crippen molar-refractivity contribution in [2.24, 2.45) is 0 Å². The Morgan fingerprint density at radius 2 is 2.06 bits per heavy atom. The quantitative estimate of drug-likeness (QED) is 0.831. The molecule has 2 N–H and O–H groups in total. The summed E-state index contributed by atoms with van der Waals surface area (Å²) in [6, 6.07) is 9.83. The summed E-state index contributed by atoms with van der Waals surface area (Å²) in [6.07, 6.45) is 0.959. The highest BCUT2D eigenvalue weighted by atomic mass is 32.1. The van der Waals surface area contributed by atoms with E-state index in [1.807, 2.05) is 35.8 Å². The van der Waals surface area contributed by atoms with Gasteiger partial charge in [-0.25, -0.2) is 4.98 Å². The van der Waals surface area contributed by atoms with Gasteiger partial charge in [-0.2, -0.15) is 0 Å². The van der Waals surface area contributed by atoms with Crippen LogP contribution in [0.5, 0.6) is 0 Å². The summed E-state index contributed by atoms with van der Waals surface area (Å²) >= 11 is 6.87. The van der Waals surface area contributed by atoms with Crippen LogP contribution in [-0.2, 0) is 6.42 Å². The normalized spacial score (nSPS) is 9.94. The Morgan fingerprint density at radius 3 is 2.76 bits per heavy atom. The first-order chi connectivity index (χ1) is 8.29. The number of nitrogens with one attached hydrogen (secondary N) is 2. The second-order valence-electron chi connectivity index (χ2n) is 3.42. The minimum Gasteiger partial charge on any atom is -0.332 e. The van der Waals surface area contributed by atoms with Crippen LogP contribution in [0, 0.1) is 0 Å². The molecule has 0 aliphatic heterocycles. The highest BCUT2D eigenvalue weighted by Crippen LogP contribution is 2.19. The molecular formula is C12H13N3S2. The van der Waals surface area contributed by atoms with Crippen LogP contribution >= 0.6 is 23.6 Å². The van der Waals surface area contributed by atoms with Crippen molar-refractivity contribution in [1.29, 1.82) is 0 Å². The molecule has 0 radical (unpaired) electrons. The first-order valence-electron chi connectivity index (χ1n) is 5.35. The summed E-state index contributed by atoms with van der Waals surface area (Å²) in [5, 5.41) is 6.79. The Hall–Kier alpha value is -1.46. The third kappa shape index (κ3) is 3.25. The fraction of sp³-hybridized carbons (Fsp3) is 0.167. The van der Waals surface area contributed by atoms with E-state index >= 15 is 0 Å². The Morgan fingerprint density at radius 1 is 1.29 bits per heavy atom. The predicted molar refractivity (Wildman–Crippen MR) is 77.8 cm³/mol. The summed E-state index contributed by atoms with van der Waals surface area (Å²) in [6.45, 7) is 2.10. The van der Waals surface area contributed by atoms with E-state index in [4.69, 9.17) is 12.2 Å². The van der Waals surface area contributed by atoms with Crippen molar-refractivity contribution in [2.45, 2.75) is 13.3 Å². The molecule has 0 saturated carbocycles. The van der Waals surface area contributed by atoms with Gasteiger partial charge in [0.2, 0.25) is 0 Å². The molecular weight excluding hydrogens is 250 g/mol. The summed E-state index contributed by atoms with van der Waals surface area (Å²) in [5.41, 5.74) is 2.80.